The van der Waals surface area contributed by atoms with Crippen molar-refractivity contribution in [3.8, 4) is 5.75 Å². The molecule has 1 aromatic carbocycles. The molecular formula is C21H26N4O. The molecule has 0 spiro atoms. The van der Waals surface area contributed by atoms with Crippen LogP contribution in [0, 0.1) is 0 Å². The van der Waals surface area contributed by atoms with Crippen LogP contribution in [0.1, 0.15) is 11.3 Å². The standard InChI is InChI=1S/C21H26N4O/c1-24(2)12-13-25(15-17-8-10-22-11-9-17)16-19-5-4-18-14-20(26-3)6-7-21(18)23-19/h4-11,14H,12-13,15-16H2,1-3H3. The number of fused-ring (bicyclic) bond motifs is 1. The molecule has 3 rings (SSSR count). The van der Waals surface area contributed by atoms with Gasteiger partial charge in [-0.25, -0.2) is 0 Å². The van der Waals surface area contributed by atoms with Crippen LogP contribution in [0.25, 0.3) is 10.9 Å². The maximum atomic E-state index is 5.29. The van der Waals surface area contributed by atoms with E-state index in [0.717, 1.165) is 48.5 Å². The Labute approximate surface area is 155 Å². The molecule has 3 aromatic rings. The summed E-state index contributed by atoms with van der Waals surface area (Å²) >= 11 is 0. The zero-order valence-corrected chi connectivity index (χ0v) is 15.7. The maximum Gasteiger partial charge on any atom is 0.119 e. The number of nitrogens with zero attached hydrogens (tertiary/aromatic N) is 4. The summed E-state index contributed by atoms with van der Waals surface area (Å²) in [5, 5.41) is 1.10. The van der Waals surface area contributed by atoms with E-state index >= 15 is 0 Å². The number of pyridine rings is 2. The van der Waals surface area contributed by atoms with Crippen LogP contribution in [0.4, 0.5) is 0 Å². The van der Waals surface area contributed by atoms with Gasteiger partial charge in [-0.05, 0) is 56.1 Å². The average Bonchev–Trinajstić information content (AvgIpc) is 2.66. The first kappa shape index (κ1) is 18.3. The molecule has 0 radical (unpaired) electrons. The molecule has 0 N–H and O–H groups in total. The van der Waals surface area contributed by atoms with E-state index in [1.807, 2.05) is 30.6 Å². The second-order valence-corrected chi connectivity index (χ2v) is 6.73. The van der Waals surface area contributed by atoms with Gasteiger partial charge in [-0.2, -0.15) is 0 Å². The smallest absolute Gasteiger partial charge is 0.119 e. The molecule has 0 bridgehead atoms. The number of benzene rings is 1. The third-order valence-electron chi connectivity index (χ3n) is 4.36. The van der Waals surface area contributed by atoms with Gasteiger partial charge in [0.25, 0.3) is 0 Å². The summed E-state index contributed by atoms with van der Waals surface area (Å²) in [5.41, 5.74) is 3.35. The van der Waals surface area contributed by atoms with Crippen LogP contribution in [0.3, 0.4) is 0 Å². The molecule has 26 heavy (non-hydrogen) atoms. The minimum atomic E-state index is 0.818. The van der Waals surface area contributed by atoms with Gasteiger partial charge in [0.1, 0.15) is 5.75 Å². The van der Waals surface area contributed by atoms with Crippen molar-refractivity contribution in [2.75, 3.05) is 34.3 Å². The molecule has 0 atom stereocenters. The monoisotopic (exact) mass is 350 g/mol. The second kappa shape index (κ2) is 8.74. The molecule has 0 aliphatic heterocycles. The van der Waals surface area contributed by atoms with E-state index in [9.17, 15) is 0 Å². The van der Waals surface area contributed by atoms with E-state index in [1.54, 1.807) is 7.11 Å². The van der Waals surface area contributed by atoms with Crippen LogP contribution in [-0.2, 0) is 13.1 Å². The molecule has 2 heterocycles. The summed E-state index contributed by atoms with van der Waals surface area (Å²) in [6.07, 6.45) is 3.70. The number of ether oxygens (including phenoxy) is 1. The number of aromatic nitrogens is 2. The Morgan fingerprint density at radius 3 is 2.46 bits per heavy atom. The lowest BCUT2D eigenvalue weighted by Crippen LogP contribution is -2.31. The molecule has 0 saturated carbocycles. The van der Waals surface area contributed by atoms with E-state index in [1.165, 1.54) is 5.56 Å². The Kier molecular flexibility index (Phi) is 6.15. The number of likely N-dealkylation sites (N-methyl/N-ethyl adjacent to an activating group) is 1. The topological polar surface area (TPSA) is 41.5 Å². The Hall–Kier alpha value is -2.50. The lowest BCUT2D eigenvalue weighted by atomic mass is 10.2. The number of hydrogen-bond donors (Lipinski definition) is 0. The average molecular weight is 350 g/mol. The van der Waals surface area contributed by atoms with Crippen molar-refractivity contribution < 1.29 is 4.74 Å². The van der Waals surface area contributed by atoms with Gasteiger partial charge in [-0.15, -0.1) is 0 Å². The van der Waals surface area contributed by atoms with E-state index in [2.05, 4.69) is 53.1 Å². The Bertz CT molecular complexity index is 836. The third kappa shape index (κ3) is 5.00. The molecule has 136 valence electrons. The molecule has 0 fully saturated rings. The molecule has 0 aliphatic carbocycles. The van der Waals surface area contributed by atoms with Crippen LogP contribution in [0.5, 0.6) is 5.75 Å². The summed E-state index contributed by atoms with van der Waals surface area (Å²) in [6, 6.07) is 14.4. The van der Waals surface area contributed by atoms with Crippen LogP contribution in [0.15, 0.2) is 54.9 Å². The minimum absolute atomic E-state index is 0.818. The van der Waals surface area contributed by atoms with Gasteiger partial charge in [0, 0.05) is 44.0 Å². The molecule has 0 saturated heterocycles. The van der Waals surface area contributed by atoms with E-state index < -0.39 is 0 Å². The number of methoxy groups -OCH3 is 1. The fraction of sp³-hybridized carbons (Fsp3) is 0.333. The summed E-state index contributed by atoms with van der Waals surface area (Å²) in [6.45, 7) is 3.70. The summed E-state index contributed by atoms with van der Waals surface area (Å²) in [4.78, 5) is 13.6. The first-order valence-corrected chi connectivity index (χ1v) is 8.84. The number of hydrogen-bond acceptors (Lipinski definition) is 5. The van der Waals surface area contributed by atoms with Crippen molar-refractivity contribution in [3.05, 3.63) is 66.1 Å². The van der Waals surface area contributed by atoms with Crippen LogP contribution in [-0.4, -0.2) is 54.1 Å². The third-order valence-corrected chi connectivity index (χ3v) is 4.36. The highest BCUT2D eigenvalue weighted by Crippen LogP contribution is 2.20. The van der Waals surface area contributed by atoms with E-state index in [4.69, 9.17) is 9.72 Å². The van der Waals surface area contributed by atoms with Gasteiger partial charge in [-0.3, -0.25) is 14.9 Å². The maximum absolute atomic E-state index is 5.29. The van der Waals surface area contributed by atoms with Crippen molar-refractivity contribution >= 4 is 10.9 Å². The van der Waals surface area contributed by atoms with Crippen LogP contribution in [0.2, 0.25) is 0 Å². The molecule has 5 nitrogen and oxygen atoms in total. The molecule has 5 heteroatoms. The zero-order valence-electron chi connectivity index (χ0n) is 15.7. The second-order valence-electron chi connectivity index (χ2n) is 6.73. The Morgan fingerprint density at radius 2 is 1.73 bits per heavy atom. The largest absolute Gasteiger partial charge is 0.497 e. The van der Waals surface area contributed by atoms with Gasteiger partial charge in [0.2, 0.25) is 0 Å². The van der Waals surface area contributed by atoms with Gasteiger partial charge in [-0.1, -0.05) is 6.07 Å². The first-order chi connectivity index (χ1) is 12.6. The van der Waals surface area contributed by atoms with Gasteiger partial charge >= 0.3 is 0 Å². The zero-order chi connectivity index (χ0) is 18.4. The highest BCUT2D eigenvalue weighted by molar-refractivity contribution is 5.80. The predicted molar refractivity (Wildman–Crippen MR) is 105 cm³/mol. The van der Waals surface area contributed by atoms with E-state index in [-0.39, 0.29) is 0 Å². The Balaban J connectivity index is 1.77. The quantitative estimate of drug-likeness (QED) is 0.624. The van der Waals surface area contributed by atoms with Gasteiger partial charge in [0.05, 0.1) is 18.3 Å². The van der Waals surface area contributed by atoms with E-state index in [0.29, 0.717) is 0 Å². The summed E-state index contributed by atoms with van der Waals surface area (Å²) < 4.78 is 5.29. The van der Waals surface area contributed by atoms with Crippen LogP contribution < -0.4 is 4.74 Å². The SMILES string of the molecule is COc1ccc2nc(CN(CCN(C)C)Cc3ccncc3)ccc2c1. The molecular weight excluding hydrogens is 324 g/mol. The van der Waals surface area contributed by atoms with Gasteiger partial charge < -0.3 is 9.64 Å². The molecule has 0 aliphatic rings. The normalized spacial score (nSPS) is 11.4. The fourth-order valence-electron chi connectivity index (χ4n) is 2.89. The Morgan fingerprint density at radius 1 is 0.923 bits per heavy atom. The lowest BCUT2D eigenvalue weighted by molar-refractivity contribution is 0.224. The van der Waals surface area contributed by atoms with Crippen molar-refractivity contribution in [1.29, 1.82) is 0 Å². The fourth-order valence-corrected chi connectivity index (χ4v) is 2.89. The minimum Gasteiger partial charge on any atom is -0.497 e. The van der Waals surface area contributed by atoms with Crippen molar-refractivity contribution in [2.45, 2.75) is 13.1 Å². The van der Waals surface area contributed by atoms with Crippen molar-refractivity contribution in [1.82, 2.24) is 19.8 Å². The van der Waals surface area contributed by atoms with Crippen molar-refractivity contribution in [2.24, 2.45) is 0 Å². The summed E-state index contributed by atoms with van der Waals surface area (Å²) in [7, 11) is 5.89. The van der Waals surface area contributed by atoms with Gasteiger partial charge in [0.15, 0.2) is 0 Å². The van der Waals surface area contributed by atoms with Crippen molar-refractivity contribution in [3.63, 3.8) is 0 Å². The molecule has 0 unspecified atom stereocenters. The highest BCUT2D eigenvalue weighted by atomic mass is 16.5. The predicted octanol–water partition coefficient (Wildman–Crippen LogP) is 3.20. The lowest BCUT2D eigenvalue weighted by Gasteiger charge is -2.24. The highest BCUT2D eigenvalue weighted by Gasteiger charge is 2.10. The molecule has 0 amide bonds. The first-order valence-electron chi connectivity index (χ1n) is 8.84. The molecule has 2 aromatic heterocycles. The van der Waals surface area contributed by atoms with Crippen LogP contribution >= 0.6 is 0 Å². The number of rotatable bonds is 8. The summed E-state index contributed by atoms with van der Waals surface area (Å²) in [5.74, 6) is 0.859.